The Hall–Kier alpha value is -1.29. The molecule has 102 valence electrons. The molecule has 0 radical (unpaired) electrons. The van der Waals surface area contributed by atoms with E-state index in [1.165, 1.54) is 10.6 Å². The van der Waals surface area contributed by atoms with E-state index in [2.05, 4.69) is 6.07 Å². The van der Waals surface area contributed by atoms with Crippen LogP contribution in [0.2, 0.25) is 5.02 Å². The van der Waals surface area contributed by atoms with Crippen LogP contribution in [0.4, 0.5) is 5.69 Å². The number of piperazine rings is 1. The standard InChI is InChI=1S/C12H14ClN3O2S/c1-19(17,18)16-7-5-15(6-8-16)12-4-2-3-11(13)10(12)9-14/h2-4H,5-8H2,1H3. The van der Waals surface area contributed by atoms with Crippen LogP contribution in [0, 0.1) is 11.3 Å². The van der Waals surface area contributed by atoms with Gasteiger partial charge in [-0.15, -0.1) is 0 Å². The minimum Gasteiger partial charge on any atom is -0.368 e. The molecule has 0 aromatic heterocycles. The van der Waals surface area contributed by atoms with E-state index in [9.17, 15) is 8.42 Å². The van der Waals surface area contributed by atoms with Gasteiger partial charge < -0.3 is 4.90 Å². The van der Waals surface area contributed by atoms with Crippen molar-refractivity contribution in [3.63, 3.8) is 0 Å². The molecule has 0 bridgehead atoms. The van der Waals surface area contributed by atoms with Crippen molar-refractivity contribution in [3.8, 4) is 6.07 Å². The summed E-state index contributed by atoms with van der Waals surface area (Å²) in [5.41, 5.74) is 1.21. The van der Waals surface area contributed by atoms with Crippen molar-refractivity contribution in [3.05, 3.63) is 28.8 Å². The van der Waals surface area contributed by atoms with Gasteiger partial charge >= 0.3 is 0 Å². The lowest BCUT2D eigenvalue weighted by atomic mass is 10.1. The maximum atomic E-state index is 11.4. The van der Waals surface area contributed by atoms with Crippen LogP contribution >= 0.6 is 11.6 Å². The van der Waals surface area contributed by atoms with Gasteiger partial charge in [0.15, 0.2) is 0 Å². The molecule has 1 fully saturated rings. The Balaban J connectivity index is 2.19. The number of rotatable bonds is 2. The van der Waals surface area contributed by atoms with Crippen molar-refractivity contribution < 1.29 is 8.42 Å². The average Bonchev–Trinajstić information content (AvgIpc) is 2.37. The Kier molecular flexibility index (Phi) is 3.99. The molecular formula is C12H14ClN3O2S. The molecule has 1 saturated heterocycles. The molecule has 0 unspecified atom stereocenters. The van der Waals surface area contributed by atoms with Gasteiger partial charge in [0.05, 0.1) is 22.5 Å². The smallest absolute Gasteiger partial charge is 0.211 e. The van der Waals surface area contributed by atoms with Gasteiger partial charge in [-0.05, 0) is 12.1 Å². The first kappa shape index (κ1) is 14.1. The summed E-state index contributed by atoms with van der Waals surface area (Å²) in [5.74, 6) is 0. The number of sulfonamides is 1. The molecule has 1 aromatic carbocycles. The van der Waals surface area contributed by atoms with E-state index in [0.717, 1.165) is 5.69 Å². The van der Waals surface area contributed by atoms with Gasteiger partial charge in [-0.3, -0.25) is 0 Å². The first-order valence-corrected chi connectivity index (χ1v) is 8.05. The fourth-order valence-corrected chi connectivity index (χ4v) is 3.19. The molecule has 0 spiro atoms. The number of nitriles is 1. The molecule has 0 atom stereocenters. The fraction of sp³-hybridized carbons (Fsp3) is 0.417. The molecule has 0 saturated carbocycles. The van der Waals surface area contributed by atoms with Gasteiger partial charge in [0.2, 0.25) is 10.0 Å². The van der Waals surface area contributed by atoms with Crippen LogP contribution < -0.4 is 4.90 Å². The molecule has 0 N–H and O–H groups in total. The second-order valence-electron chi connectivity index (χ2n) is 4.39. The highest BCUT2D eigenvalue weighted by atomic mass is 35.5. The van der Waals surface area contributed by atoms with Gasteiger partial charge in [0.25, 0.3) is 0 Å². The quantitative estimate of drug-likeness (QED) is 0.825. The average molecular weight is 300 g/mol. The lowest BCUT2D eigenvalue weighted by molar-refractivity contribution is 0.388. The monoisotopic (exact) mass is 299 g/mol. The minimum atomic E-state index is -3.14. The molecule has 1 aliphatic rings. The lowest BCUT2D eigenvalue weighted by Crippen LogP contribution is -2.48. The van der Waals surface area contributed by atoms with Crippen molar-refractivity contribution in [1.82, 2.24) is 4.31 Å². The summed E-state index contributed by atoms with van der Waals surface area (Å²) >= 11 is 5.99. The van der Waals surface area contributed by atoms with Gasteiger partial charge in [-0.2, -0.15) is 9.57 Å². The summed E-state index contributed by atoms with van der Waals surface area (Å²) in [4.78, 5) is 1.99. The zero-order chi connectivity index (χ0) is 14.0. The van der Waals surface area contributed by atoms with Crippen LogP contribution in [0.5, 0.6) is 0 Å². The molecule has 1 aromatic rings. The topological polar surface area (TPSA) is 64.4 Å². The Morgan fingerprint density at radius 1 is 1.26 bits per heavy atom. The normalized spacial score (nSPS) is 17.2. The number of hydrogen-bond acceptors (Lipinski definition) is 4. The molecule has 7 heteroatoms. The van der Waals surface area contributed by atoms with Crippen LogP contribution in [0.25, 0.3) is 0 Å². The zero-order valence-corrected chi connectivity index (χ0v) is 12.1. The van der Waals surface area contributed by atoms with Crippen molar-refractivity contribution in [2.24, 2.45) is 0 Å². The Bertz CT molecular complexity index is 616. The highest BCUT2D eigenvalue weighted by Crippen LogP contribution is 2.27. The molecule has 2 rings (SSSR count). The molecule has 1 aliphatic heterocycles. The third-order valence-electron chi connectivity index (χ3n) is 3.15. The minimum absolute atomic E-state index is 0.422. The van der Waals surface area contributed by atoms with Crippen molar-refractivity contribution in [2.45, 2.75) is 0 Å². The highest BCUT2D eigenvalue weighted by Gasteiger charge is 2.24. The van der Waals surface area contributed by atoms with Crippen molar-refractivity contribution in [1.29, 1.82) is 5.26 Å². The first-order chi connectivity index (χ1) is 8.93. The van der Waals surface area contributed by atoms with Crippen LogP contribution in [-0.2, 0) is 10.0 Å². The van der Waals surface area contributed by atoms with Crippen LogP contribution in [0.15, 0.2) is 18.2 Å². The molecule has 19 heavy (non-hydrogen) atoms. The van der Waals surface area contributed by atoms with Crippen molar-refractivity contribution >= 4 is 27.3 Å². The second-order valence-corrected chi connectivity index (χ2v) is 6.78. The molecule has 5 nitrogen and oxygen atoms in total. The van der Waals surface area contributed by atoms with E-state index < -0.39 is 10.0 Å². The third-order valence-corrected chi connectivity index (χ3v) is 4.77. The predicted octanol–water partition coefficient (Wildman–Crippen LogP) is 1.29. The van der Waals surface area contributed by atoms with Gasteiger partial charge in [0, 0.05) is 26.2 Å². The van der Waals surface area contributed by atoms with Crippen LogP contribution in [0.1, 0.15) is 5.56 Å². The number of hydrogen-bond donors (Lipinski definition) is 0. The summed E-state index contributed by atoms with van der Waals surface area (Å²) in [6.45, 7) is 1.97. The van der Waals surface area contributed by atoms with Crippen molar-refractivity contribution in [2.75, 3.05) is 37.3 Å². The summed E-state index contributed by atoms with van der Waals surface area (Å²) in [6, 6.07) is 7.40. The molecule has 1 heterocycles. The summed E-state index contributed by atoms with van der Waals surface area (Å²) in [5, 5.41) is 9.57. The van der Waals surface area contributed by atoms with Gasteiger partial charge in [0.1, 0.15) is 6.07 Å². The number of halogens is 1. The van der Waals surface area contributed by atoms with E-state index >= 15 is 0 Å². The predicted molar refractivity (Wildman–Crippen MR) is 74.8 cm³/mol. The number of anilines is 1. The molecule has 0 amide bonds. The summed E-state index contributed by atoms with van der Waals surface area (Å²) < 4.78 is 24.3. The van der Waals surface area contributed by atoms with Crippen LogP contribution in [-0.4, -0.2) is 45.2 Å². The Morgan fingerprint density at radius 2 is 1.89 bits per heavy atom. The fourth-order valence-electron chi connectivity index (χ4n) is 2.15. The largest absolute Gasteiger partial charge is 0.368 e. The molecular weight excluding hydrogens is 286 g/mol. The Morgan fingerprint density at radius 3 is 2.42 bits per heavy atom. The van der Waals surface area contributed by atoms with E-state index in [0.29, 0.717) is 36.8 Å². The zero-order valence-electron chi connectivity index (χ0n) is 10.5. The van der Waals surface area contributed by atoms with E-state index in [4.69, 9.17) is 16.9 Å². The number of nitrogens with zero attached hydrogens (tertiary/aromatic N) is 3. The molecule has 0 aliphatic carbocycles. The van der Waals surface area contributed by atoms with E-state index in [1.807, 2.05) is 11.0 Å². The summed E-state index contributed by atoms with van der Waals surface area (Å²) in [7, 11) is -3.14. The van der Waals surface area contributed by atoms with Gasteiger partial charge in [-0.1, -0.05) is 17.7 Å². The third kappa shape index (κ3) is 3.00. The van der Waals surface area contributed by atoms with E-state index in [-0.39, 0.29) is 0 Å². The lowest BCUT2D eigenvalue weighted by Gasteiger charge is -2.35. The maximum Gasteiger partial charge on any atom is 0.211 e. The SMILES string of the molecule is CS(=O)(=O)N1CCN(c2cccc(Cl)c2C#N)CC1. The maximum absolute atomic E-state index is 11.4. The summed E-state index contributed by atoms with van der Waals surface area (Å²) in [6.07, 6.45) is 1.21. The first-order valence-electron chi connectivity index (χ1n) is 5.82. The Labute approximate surface area is 118 Å². The second kappa shape index (κ2) is 5.37. The van der Waals surface area contributed by atoms with E-state index in [1.54, 1.807) is 12.1 Å². The van der Waals surface area contributed by atoms with Crippen LogP contribution in [0.3, 0.4) is 0 Å². The highest BCUT2D eigenvalue weighted by molar-refractivity contribution is 7.88. The van der Waals surface area contributed by atoms with Gasteiger partial charge in [-0.25, -0.2) is 8.42 Å². The number of benzene rings is 1.